The van der Waals surface area contributed by atoms with Gasteiger partial charge < -0.3 is 15.2 Å². The first-order valence-electron chi connectivity index (χ1n) is 8.94. The number of benzene rings is 2. The maximum atomic E-state index is 6.37. The molecule has 0 heterocycles. The van der Waals surface area contributed by atoms with Crippen LogP contribution < -0.4 is 25.8 Å². The van der Waals surface area contributed by atoms with Gasteiger partial charge in [0.15, 0.2) is 0 Å². The number of para-hydroxylation sites is 2. The Morgan fingerprint density at radius 2 is 1.22 bits per heavy atom. The highest BCUT2D eigenvalue weighted by Gasteiger charge is 2.09. The van der Waals surface area contributed by atoms with Gasteiger partial charge >= 0.3 is 0 Å². The molecule has 0 saturated heterocycles. The zero-order chi connectivity index (χ0) is 19.5. The van der Waals surface area contributed by atoms with E-state index in [2.05, 4.69) is 36.4 Å². The lowest BCUT2D eigenvalue weighted by Gasteiger charge is -2.15. The minimum atomic E-state index is -0.434. The molecule has 0 aliphatic carbocycles. The maximum Gasteiger partial charge on any atom is 0.126 e. The van der Waals surface area contributed by atoms with Crippen molar-refractivity contribution in [1.29, 1.82) is 0 Å². The average Bonchev–Trinajstić information content (AvgIpc) is 2.69. The Kier molecular flexibility index (Phi) is 9.01. The van der Waals surface area contributed by atoms with Crippen LogP contribution in [0.5, 0.6) is 11.5 Å². The Labute approximate surface area is 166 Å². The van der Waals surface area contributed by atoms with E-state index in [1.54, 1.807) is 14.2 Å². The molecule has 2 rings (SSSR count). The van der Waals surface area contributed by atoms with E-state index in [4.69, 9.17) is 15.2 Å². The highest BCUT2D eigenvalue weighted by molar-refractivity contribution is 7.48. The van der Waals surface area contributed by atoms with Gasteiger partial charge in [-0.15, -0.1) is 0 Å². The monoisotopic (exact) mass is 401 g/mol. The topological polar surface area (TPSA) is 44.5 Å². The highest BCUT2D eigenvalue weighted by Crippen LogP contribution is 2.21. The zero-order valence-electron chi connectivity index (χ0n) is 16.2. The van der Waals surface area contributed by atoms with Gasteiger partial charge in [0.05, 0.1) is 14.2 Å². The molecule has 0 amide bonds. The maximum absolute atomic E-state index is 6.37. The zero-order valence-corrected chi connectivity index (χ0v) is 18.2. The fourth-order valence-corrected chi connectivity index (χ4v) is 4.66. The average molecular weight is 401 g/mol. The van der Waals surface area contributed by atoms with Crippen LogP contribution in [0.2, 0.25) is 0 Å². The van der Waals surface area contributed by atoms with Gasteiger partial charge in [0.1, 0.15) is 11.5 Å². The van der Waals surface area contributed by atoms with Crippen molar-refractivity contribution in [3.05, 3.63) is 72.8 Å². The fraction of sp³-hybridized carbons (Fsp3) is 0.273. The molecule has 0 aliphatic heterocycles. The van der Waals surface area contributed by atoms with Crippen molar-refractivity contribution >= 4 is 27.8 Å². The molecular formula is C22H29NO2P2. The molecule has 0 fully saturated rings. The van der Waals surface area contributed by atoms with E-state index in [1.807, 2.05) is 43.3 Å². The second-order valence-electron chi connectivity index (χ2n) is 6.33. The largest absolute Gasteiger partial charge is 0.496 e. The summed E-state index contributed by atoms with van der Waals surface area (Å²) in [6.45, 7) is 2.03. The molecule has 2 aromatic rings. The minimum Gasteiger partial charge on any atom is -0.496 e. The summed E-state index contributed by atoms with van der Waals surface area (Å²) in [4.78, 5) is 0. The van der Waals surface area contributed by atoms with Crippen LogP contribution in [0.3, 0.4) is 0 Å². The van der Waals surface area contributed by atoms with Gasteiger partial charge in [0.25, 0.3) is 0 Å². The Morgan fingerprint density at radius 1 is 0.815 bits per heavy atom. The van der Waals surface area contributed by atoms with Gasteiger partial charge in [-0.2, -0.15) is 0 Å². The smallest absolute Gasteiger partial charge is 0.126 e. The van der Waals surface area contributed by atoms with Gasteiger partial charge in [-0.1, -0.05) is 77.9 Å². The number of hydrogen-bond donors (Lipinski definition) is 1. The summed E-state index contributed by atoms with van der Waals surface area (Å²) >= 11 is 0. The van der Waals surface area contributed by atoms with E-state index < -0.39 is 5.54 Å². The molecule has 27 heavy (non-hydrogen) atoms. The predicted octanol–water partition coefficient (Wildman–Crippen LogP) is 3.84. The molecule has 0 bridgehead atoms. The summed E-state index contributed by atoms with van der Waals surface area (Å²) in [7, 11) is 4.78. The molecule has 2 N–H and O–H groups in total. The summed E-state index contributed by atoms with van der Waals surface area (Å²) < 4.78 is 10.8. The van der Waals surface area contributed by atoms with Gasteiger partial charge in [-0.3, -0.25) is 0 Å². The van der Waals surface area contributed by atoms with E-state index in [1.165, 1.54) is 10.6 Å². The fourth-order valence-electron chi connectivity index (χ4n) is 2.60. The van der Waals surface area contributed by atoms with E-state index in [0.717, 1.165) is 23.8 Å². The number of methoxy groups -OCH3 is 2. The molecule has 0 saturated carbocycles. The van der Waals surface area contributed by atoms with Gasteiger partial charge in [-0.05, 0) is 31.4 Å². The van der Waals surface area contributed by atoms with Gasteiger partial charge in [0, 0.05) is 16.1 Å². The van der Waals surface area contributed by atoms with Crippen LogP contribution in [0.15, 0.2) is 72.8 Å². The van der Waals surface area contributed by atoms with Crippen LogP contribution >= 0.6 is 17.2 Å². The quantitative estimate of drug-likeness (QED) is 0.486. The Bertz CT molecular complexity index is 709. The molecule has 144 valence electrons. The normalized spacial score (nSPS) is 14.7. The number of hydrogen-bond acceptors (Lipinski definition) is 3. The summed E-state index contributed by atoms with van der Waals surface area (Å²) in [5, 5.41) is 2.49. The van der Waals surface area contributed by atoms with E-state index in [0.29, 0.717) is 17.2 Å². The van der Waals surface area contributed by atoms with Crippen LogP contribution in [0.4, 0.5) is 0 Å². The molecule has 2 unspecified atom stereocenters. The molecule has 5 heteroatoms. The molecule has 2 atom stereocenters. The van der Waals surface area contributed by atoms with Crippen molar-refractivity contribution in [3.63, 3.8) is 0 Å². The molecule has 2 aromatic carbocycles. The number of nitrogens with two attached hydrogens (primary N) is 1. The molecule has 0 spiro atoms. The first kappa shape index (κ1) is 21.6. The second kappa shape index (κ2) is 11.2. The number of rotatable bonds is 10. The van der Waals surface area contributed by atoms with Crippen molar-refractivity contribution < 1.29 is 9.47 Å². The number of ether oxygens (including phenoxy) is 2. The minimum absolute atomic E-state index is 0.434. The van der Waals surface area contributed by atoms with Gasteiger partial charge in [0.2, 0.25) is 0 Å². The first-order chi connectivity index (χ1) is 13.1. The first-order valence-corrected chi connectivity index (χ1v) is 11.3. The molecule has 0 radical (unpaired) electrons. The Morgan fingerprint density at radius 3 is 1.63 bits per heavy atom. The molecule has 3 nitrogen and oxygen atoms in total. The highest BCUT2D eigenvalue weighted by atomic mass is 31.1. The standard InChI is InChI=1S/C22H29NO2P2/c1-22(23,14-8-16-26-20-12-6-4-10-18(20)24-2)15-9-17-27-21-13-7-5-11-19(21)25-3/h4-15,26-27H,16-17,23H2,1-3H3. The lowest BCUT2D eigenvalue weighted by molar-refractivity contribution is 0.418. The third-order valence-electron chi connectivity index (χ3n) is 3.99. The van der Waals surface area contributed by atoms with E-state index in [9.17, 15) is 0 Å². The van der Waals surface area contributed by atoms with Crippen LogP contribution in [-0.4, -0.2) is 32.1 Å². The van der Waals surface area contributed by atoms with Crippen LogP contribution in [-0.2, 0) is 0 Å². The van der Waals surface area contributed by atoms with Crippen molar-refractivity contribution in [3.8, 4) is 11.5 Å². The molecule has 0 aromatic heterocycles. The van der Waals surface area contributed by atoms with Crippen LogP contribution in [0.25, 0.3) is 0 Å². The third kappa shape index (κ3) is 7.46. The summed E-state index contributed by atoms with van der Waals surface area (Å²) in [5.74, 6) is 1.91. The van der Waals surface area contributed by atoms with Crippen molar-refractivity contribution in [2.75, 3.05) is 26.5 Å². The van der Waals surface area contributed by atoms with Crippen molar-refractivity contribution in [2.24, 2.45) is 5.73 Å². The Balaban J connectivity index is 1.81. The van der Waals surface area contributed by atoms with Crippen molar-refractivity contribution in [1.82, 2.24) is 0 Å². The van der Waals surface area contributed by atoms with Gasteiger partial charge in [-0.25, -0.2) is 0 Å². The lowest BCUT2D eigenvalue weighted by atomic mass is 10.0. The Hall–Kier alpha value is -1.66. The molecule has 0 aliphatic rings. The SMILES string of the molecule is COc1ccccc1PCC=CC(C)(N)C=CCPc1ccccc1OC. The lowest BCUT2D eigenvalue weighted by Crippen LogP contribution is -2.30. The van der Waals surface area contributed by atoms with Crippen LogP contribution in [0.1, 0.15) is 6.92 Å². The molecular weight excluding hydrogens is 372 g/mol. The van der Waals surface area contributed by atoms with E-state index >= 15 is 0 Å². The summed E-state index contributed by atoms with van der Waals surface area (Å²) in [5.41, 5.74) is 5.94. The third-order valence-corrected chi connectivity index (χ3v) is 6.46. The summed E-state index contributed by atoms with van der Waals surface area (Å²) in [6.07, 6.45) is 10.4. The van der Waals surface area contributed by atoms with Crippen LogP contribution in [0, 0.1) is 0 Å². The predicted molar refractivity (Wildman–Crippen MR) is 122 cm³/mol. The number of allylic oxidation sites excluding steroid dienone is 2. The summed E-state index contributed by atoms with van der Waals surface area (Å²) in [6, 6.07) is 16.3. The van der Waals surface area contributed by atoms with E-state index in [-0.39, 0.29) is 0 Å². The van der Waals surface area contributed by atoms with Crippen molar-refractivity contribution in [2.45, 2.75) is 12.5 Å². The second-order valence-corrected chi connectivity index (χ2v) is 8.93.